The summed E-state index contributed by atoms with van der Waals surface area (Å²) in [6.07, 6.45) is 0. The molecule has 0 radical (unpaired) electrons. The lowest BCUT2D eigenvalue weighted by molar-refractivity contribution is 0.268. The summed E-state index contributed by atoms with van der Waals surface area (Å²) < 4.78 is 0.989. The molecule has 1 atom stereocenters. The summed E-state index contributed by atoms with van der Waals surface area (Å²) in [7, 11) is 0. The summed E-state index contributed by atoms with van der Waals surface area (Å²) in [6.45, 7) is -0.0586. The van der Waals surface area contributed by atoms with Gasteiger partial charge >= 0.3 is 0 Å². The van der Waals surface area contributed by atoms with Crippen molar-refractivity contribution < 1.29 is 5.11 Å². The lowest BCUT2D eigenvalue weighted by atomic mass is 10.1. The Morgan fingerprint density at radius 1 is 1.58 bits per heavy atom. The molecule has 1 aromatic rings. The smallest absolute Gasteiger partial charge is 0.0624 e. The van der Waals surface area contributed by atoms with Gasteiger partial charge in [0.1, 0.15) is 0 Å². The number of aliphatic hydroxyl groups excluding tert-OH is 1. The van der Waals surface area contributed by atoms with Gasteiger partial charge in [-0.3, -0.25) is 0 Å². The topological polar surface area (TPSA) is 46.2 Å². The lowest BCUT2D eigenvalue weighted by Gasteiger charge is -2.08. The third-order valence-electron chi connectivity index (χ3n) is 1.57. The molecule has 0 aliphatic carbocycles. The van der Waals surface area contributed by atoms with Gasteiger partial charge in [0, 0.05) is 3.57 Å². The fourth-order valence-electron chi connectivity index (χ4n) is 0.848. The van der Waals surface area contributed by atoms with E-state index in [0.717, 1.165) is 9.13 Å². The molecule has 66 valence electrons. The van der Waals surface area contributed by atoms with Gasteiger partial charge < -0.3 is 10.8 Å². The molecule has 0 amide bonds. The van der Waals surface area contributed by atoms with Gasteiger partial charge in [0.25, 0.3) is 0 Å². The van der Waals surface area contributed by atoms with Crippen molar-refractivity contribution in [3.63, 3.8) is 0 Å². The van der Waals surface area contributed by atoms with Gasteiger partial charge in [0.2, 0.25) is 0 Å². The predicted octanol–water partition coefficient (Wildman–Crippen LogP) is 1.94. The summed E-state index contributed by atoms with van der Waals surface area (Å²) in [5.41, 5.74) is 6.47. The van der Waals surface area contributed by atoms with Crippen molar-refractivity contribution in [2.75, 3.05) is 6.61 Å². The lowest BCUT2D eigenvalue weighted by Crippen LogP contribution is -2.14. The third kappa shape index (κ3) is 2.32. The van der Waals surface area contributed by atoms with E-state index in [1.807, 2.05) is 12.1 Å². The highest BCUT2D eigenvalue weighted by molar-refractivity contribution is 14.1. The molecule has 0 saturated heterocycles. The summed E-state index contributed by atoms with van der Waals surface area (Å²) in [5, 5.41) is 9.46. The molecular formula is C8H9ClINO. The van der Waals surface area contributed by atoms with E-state index in [0.29, 0.717) is 5.02 Å². The SMILES string of the molecule is NC(CO)c1ccc(I)c(Cl)c1. The number of benzene rings is 1. The van der Waals surface area contributed by atoms with Crippen LogP contribution in [0.2, 0.25) is 5.02 Å². The van der Waals surface area contributed by atoms with Gasteiger partial charge in [-0.15, -0.1) is 0 Å². The van der Waals surface area contributed by atoms with Gasteiger partial charge in [-0.25, -0.2) is 0 Å². The molecule has 3 N–H and O–H groups in total. The quantitative estimate of drug-likeness (QED) is 0.820. The van der Waals surface area contributed by atoms with E-state index in [2.05, 4.69) is 22.6 Å². The number of nitrogens with two attached hydrogens (primary N) is 1. The molecule has 0 heterocycles. The zero-order chi connectivity index (χ0) is 9.14. The van der Waals surface area contributed by atoms with Crippen LogP contribution in [-0.2, 0) is 0 Å². The number of aliphatic hydroxyl groups is 1. The summed E-state index contributed by atoms with van der Waals surface area (Å²) >= 11 is 8.01. The van der Waals surface area contributed by atoms with Crippen LogP contribution in [0.25, 0.3) is 0 Å². The molecule has 0 aliphatic heterocycles. The van der Waals surface area contributed by atoms with Gasteiger partial charge in [-0.2, -0.15) is 0 Å². The Labute approximate surface area is 89.9 Å². The molecule has 2 nitrogen and oxygen atoms in total. The van der Waals surface area contributed by atoms with Crippen molar-refractivity contribution >= 4 is 34.2 Å². The van der Waals surface area contributed by atoms with Crippen molar-refractivity contribution in [2.24, 2.45) is 5.73 Å². The molecular weight excluding hydrogens is 288 g/mol. The Kier molecular flexibility index (Phi) is 3.77. The maximum absolute atomic E-state index is 8.78. The number of rotatable bonds is 2. The number of halogens is 2. The molecule has 0 aromatic heterocycles. The molecule has 4 heteroatoms. The van der Waals surface area contributed by atoms with Crippen LogP contribution in [0.15, 0.2) is 18.2 Å². The van der Waals surface area contributed by atoms with Crippen molar-refractivity contribution in [1.82, 2.24) is 0 Å². The normalized spacial score (nSPS) is 13.0. The first-order chi connectivity index (χ1) is 5.65. The molecule has 0 saturated carbocycles. The Morgan fingerprint density at radius 3 is 2.75 bits per heavy atom. The summed E-state index contributed by atoms with van der Waals surface area (Å²) in [6, 6.07) is 5.20. The zero-order valence-electron chi connectivity index (χ0n) is 6.30. The summed E-state index contributed by atoms with van der Waals surface area (Å²) in [5.74, 6) is 0. The maximum atomic E-state index is 8.78. The van der Waals surface area contributed by atoms with Crippen LogP contribution in [0.5, 0.6) is 0 Å². The van der Waals surface area contributed by atoms with Crippen LogP contribution in [-0.4, -0.2) is 11.7 Å². The highest BCUT2D eigenvalue weighted by Crippen LogP contribution is 2.21. The summed E-state index contributed by atoms with van der Waals surface area (Å²) in [4.78, 5) is 0. The first-order valence-corrected chi connectivity index (χ1v) is 4.92. The van der Waals surface area contributed by atoms with Gasteiger partial charge in [0.05, 0.1) is 17.7 Å². The Balaban J connectivity index is 2.96. The van der Waals surface area contributed by atoms with E-state index >= 15 is 0 Å². The van der Waals surface area contributed by atoms with E-state index in [9.17, 15) is 0 Å². The zero-order valence-corrected chi connectivity index (χ0v) is 9.21. The first-order valence-electron chi connectivity index (χ1n) is 3.46. The van der Waals surface area contributed by atoms with Crippen LogP contribution < -0.4 is 5.73 Å². The minimum absolute atomic E-state index is 0.0586. The second-order valence-corrected chi connectivity index (χ2v) is 4.03. The standard InChI is InChI=1S/C8H9ClINO/c9-6-3-5(8(11)4-12)1-2-7(6)10/h1-3,8,12H,4,11H2. The number of hydrogen-bond donors (Lipinski definition) is 2. The van der Waals surface area contributed by atoms with E-state index in [1.54, 1.807) is 6.07 Å². The first kappa shape index (κ1) is 10.2. The van der Waals surface area contributed by atoms with Crippen LogP contribution in [0.4, 0.5) is 0 Å². The van der Waals surface area contributed by atoms with E-state index < -0.39 is 0 Å². The monoisotopic (exact) mass is 297 g/mol. The minimum Gasteiger partial charge on any atom is -0.394 e. The number of hydrogen-bond acceptors (Lipinski definition) is 2. The molecule has 1 unspecified atom stereocenters. The van der Waals surface area contributed by atoms with Gasteiger partial charge in [-0.05, 0) is 40.3 Å². The minimum atomic E-state index is -0.334. The Bertz CT molecular complexity index is 280. The molecule has 0 bridgehead atoms. The molecule has 1 rings (SSSR count). The predicted molar refractivity (Wildman–Crippen MR) is 58.2 cm³/mol. The van der Waals surface area contributed by atoms with Crippen molar-refractivity contribution in [3.8, 4) is 0 Å². The maximum Gasteiger partial charge on any atom is 0.0624 e. The fourth-order valence-corrected chi connectivity index (χ4v) is 1.37. The van der Waals surface area contributed by atoms with Crippen molar-refractivity contribution in [3.05, 3.63) is 32.4 Å². The molecule has 0 fully saturated rings. The third-order valence-corrected chi connectivity index (χ3v) is 3.14. The van der Waals surface area contributed by atoms with Crippen molar-refractivity contribution in [2.45, 2.75) is 6.04 Å². The van der Waals surface area contributed by atoms with Crippen LogP contribution in [0.1, 0.15) is 11.6 Å². The van der Waals surface area contributed by atoms with E-state index in [-0.39, 0.29) is 12.6 Å². The molecule has 0 spiro atoms. The largest absolute Gasteiger partial charge is 0.394 e. The highest BCUT2D eigenvalue weighted by Gasteiger charge is 2.05. The Hall–Kier alpha value is 0.160. The second-order valence-electron chi connectivity index (χ2n) is 2.46. The van der Waals surface area contributed by atoms with E-state index in [4.69, 9.17) is 22.4 Å². The molecule has 1 aromatic carbocycles. The van der Waals surface area contributed by atoms with Gasteiger partial charge in [0.15, 0.2) is 0 Å². The highest BCUT2D eigenvalue weighted by atomic mass is 127. The van der Waals surface area contributed by atoms with Crippen LogP contribution >= 0.6 is 34.2 Å². The van der Waals surface area contributed by atoms with Crippen molar-refractivity contribution in [1.29, 1.82) is 0 Å². The van der Waals surface area contributed by atoms with Crippen LogP contribution in [0.3, 0.4) is 0 Å². The van der Waals surface area contributed by atoms with Gasteiger partial charge in [-0.1, -0.05) is 17.7 Å². The average Bonchev–Trinajstić information content (AvgIpc) is 2.08. The van der Waals surface area contributed by atoms with Crippen LogP contribution in [0, 0.1) is 3.57 Å². The molecule has 12 heavy (non-hydrogen) atoms. The second kappa shape index (κ2) is 4.41. The van der Waals surface area contributed by atoms with E-state index in [1.165, 1.54) is 0 Å². The Morgan fingerprint density at radius 2 is 2.25 bits per heavy atom. The molecule has 0 aliphatic rings. The average molecular weight is 298 g/mol. The fraction of sp³-hybridized carbons (Fsp3) is 0.250.